The lowest BCUT2D eigenvalue weighted by atomic mass is 9.96. The summed E-state index contributed by atoms with van der Waals surface area (Å²) in [7, 11) is 1.92. The van der Waals surface area contributed by atoms with Crippen molar-refractivity contribution in [1.29, 1.82) is 0 Å². The molecule has 2 saturated heterocycles. The molecule has 4 rings (SSSR count). The fourth-order valence-corrected chi connectivity index (χ4v) is 4.55. The van der Waals surface area contributed by atoms with E-state index in [1.807, 2.05) is 19.2 Å². The zero-order valence-corrected chi connectivity index (χ0v) is 16.9. The number of piperidine rings is 1. The number of likely N-dealkylation sites (tertiary alicyclic amines) is 2. The van der Waals surface area contributed by atoms with Gasteiger partial charge in [0.05, 0.1) is 0 Å². The first-order valence-corrected chi connectivity index (χ1v) is 10.6. The summed E-state index contributed by atoms with van der Waals surface area (Å²) in [6.07, 6.45) is 5.04. The maximum absolute atomic E-state index is 13.0. The minimum absolute atomic E-state index is 0.184. The van der Waals surface area contributed by atoms with Gasteiger partial charge in [0, 0.05) is 37.9 Å². The van der Waals surface area contributed by atoms with Crippen LogP contribution in [0.3, 0.4) is 0 Å². The smallest absolute Gasteiger partial charge is 0.253 e. The molecule has 2 aromatic carbocycles. The molecule has 2 heterocycles. The monoisotopic (exact) mass is 377 g/mol. The Balaban J connectivity index is 1.39. The molecule has 0 unspecified atom stereocenters. The van der Waals surface area contributed by atoms with Crippen molar-refractivity contribution in [2.24, 2.45) is 5.92 Å². The van der Waals surface area contributed by atoms with Gasteiger partial charge in [0.2, 0.25) is 0 Å². The third-order valence-electron chi connectivity index (χ3n) is 6.16. The van der Waals surface area contributed by atoms with Gasteiger partial charge >= 0.3 is 0 Å². The molecule has 2 fully saturated rings. The molecule has 0 spiro atoms. The van der Waals surface area contributed by atoms with Crippen molar-refractivity contribution in [2.45, 2.75) is 25.7 Å². The van der Waals surface area contributed by atoms with Crippen LogP contribution in [-0.2, 0) is 0 Å². The van der Waals surface area contributed by atoms with Crippen LogP contribution in [-0.4, -0.2) is 55.5 Å². The van der Waals surface area contributed by atoms with Gasteiger partial charge in [-0.1, -0.05) is 24.3 Å². The Hall–Kier alpha value is -2.33. The fraction of sp³-hybridized carbons (Fsp3) is 0.458. The highest BCUT2D eigenvalue weighted by Gasteiger charge is 2.26. The molecule has 0 radical (unpaired) electrons. The van der Waals surface area contributed by atoms with Crippen LogP contribution in [0.2, 0.25) is 0 Å². The molecule has 1 atom stereocenters. The number of carbonyl (C=O) groups is 1. The molecule has 28 heavy (non-hydrogen) atoms. The molecule has 2 aromatic rings. The molecule has 0 aromatic heterocycles. The van der Waals surface area contributed by atoms with Crippen LogP contribution < -0.4 is 5.32 Å². The summed E-state index contributed by atoms with van der Waals surface area (Å²) in [5.41, 5.74) is 4.22. The van der Waals surface area contributed by atoms with Gasteiger partial charge in [-0.2, -0.15) is 0 Å². The molecular formula is C24H31N3O. The molecule has 2 aliphatic heterocycles. The van der Waals surface area contributed by atoms with Gasteiger partial charge in [0.1, 0.15) is 0 Å². The Morgan fingerprint density at radius 3 is 2.21 bits per heavy atom. The van der Waals surface area contributed by atoms with Gasteiger partial charge in [-0.25, -0.2) is 0 Å². The minimum atomic E-state index is 0.184. The second-order valence-corrected chi connectivity index (χ2v) is 8.17. The van der Waals surface area contributed by atoms with Crippen LogP contribution in [0.25, 0.3) is 11.1 Å². The Morgan fingerprint density at radius 1 is 0.929 bits per heavy atom. The van der Waals surface area contributed by atoms with Crippen LogP contribution in [0.4, 0.5) is 5.69 Å². The van der Waals surface area contributed by atoms with E-state index in [0.29, 0.717) is 5.92 Å². The quantitative estimate of drug-likeness (QED) is 0.842. The number of nitrogens with zero attached hydrogens (tertiary/aromatic N) is 2. The second kappa shape index (κ2) is 8.78. The number of anilines is 1. The van der Waals surface area contributed by atoms with Crippen LogP contribution in [0, 0.1) is 5.92 Å². The Morgan fingerprint density at radius 2 is 1.57 bits per heavy atom. The average Bonchev–Trinajstić information content (AvgIpc) is 3.27. The summed E-state index contributed by atoms with van der Waals surface area (Å²) < 4.78 is 0. The Labute approximate surface area is 168 Å². The highest BCUT2D eigenvalue weighted by Crippen LogP contribution is 2.24. The maximum Gasteiger partial charge on any atom is 0.253 e. The van der Waals surface area contributed by atoms with E-state index in [-0.39, 0.29) is 5.91 Å². The third kappa shape index (κ3) is 4.39. The summed E-state index contributed by atoms with van der Waals surface area (Å²) in [4.78, 5) is 17.7. The van der Waals surface area contributed by atoms with Crippen LogP contribution in [0.1, 0.15) is 36.0 Å². The van der Waals surface area contributed by atoms with Gasteiger partial charge in [-0.05, 0) is 80.1 Å². The van der Waals surface area contributed by atoms with Crippen molar-refractivity contribution >= 4 is 11.6 Å². The predicted octanol–water partition coefficient (Wildman–Crippen LogP) is 4.34. The highest BCUT2D eigenvalue weighted by molar-refractivity contribution is 5.94. The molecule has 0 aliphatic carbocycles. The first-order chi connectivity index (χ1) is 13.7. The van der Waals surface area contributed by atoms with Gasteiger partial charge in [-0.15, -0.1) is 0 Å². The van der Waals surface area contributed by atoms with E-state index in [0.717, 1.165) is 42.9 Å². The van der Waals surface area contributed by atoms with Crippen LogP contribution in [0.15, 0.2) is 48.5 Å². The zero-order valence-electron chi connectivity index (χ0n) is 16.9. The summed E-state index contributed by atoms with van der Waals surface area (Å²) >= 11 is 0. The molecule has 2 aliphatic rings. The SMILES string of the molecule is CNc1ccc(-c2ccc(C(=O)N3CCC[C@@H](CN4CCCC4)C3)cc2)cc1. The number of carbonyl (C=O) groups excluding carboxylic acids is 1. The highest BCUT2D eigenvalue weighted by atomic mass is 16.2. The number of rotatable bonds is 5. The van der Waals surface area contributed by atoms with Crippen LogP contribution in [0.5, 0.6) is 0 Å². The van der Waals surface area contributed by atoms with E-state index in [4.69, 9.17) is 0 Å². The summed E-state index contributed by atoms with van der Waals surface area (Å²) in [5.74, 6) is 0.809. The third-order valence-corrected chi connectivity index (χ3v) is 6.16. The minimum Gasteiger partial charge on any atom is -0.388 e. The van der Waals surface area contributed by atoms with Gasteiger partial charge in [0.25, 0.3) is 5.91 Å². The molecule has 1 amide bonds. The molecule has 4 heteroatoms. The number of hydrogen-bond acceptors (Lipinski definition) is 3. The standard InChI is InChI=1S/C24H31N3O/c1-25-23-12-10-21(11-13-23)20-6-8-22(9-7-20)24(28)27-16-4-5-19(18-27)17-26-14-2-3-15-26/h6-13,19,25H,2-5,14-18H2,1H3/t19-/m0/s1. The molecule has 0 saturated carbocycles. The lowest BCUT2D eigenvalue weighted by molar-refractivity contribution is 0.0648. The number of benzene rings is 2. The molecule has 0 bridgehead atoms. The van der Waals surface area contributed by atoms with Crippen molar-refractivity contribution in [3.8, 4) is 11.1 Å². The van der Waals surface area contributed by atoms with Crippen molar-refractivity contribution in [3.05, 3.63) is 54.1 Å². The second-order valence-electron chi connectivity index (χ2n) is 8.17. The van der Waals surface area contributed by atoms with Gasteiger partial charge in [-0.3, -0.25) is 4.79 Å². The van der Waals surface area contributed by atoms with E-state index in [1.54, 1.807) is 0 Å². The molecular weight excluding hydrogens is 346 g/mol. The number of nitrogens with one attached hydrogen (secondary N) is 1. The first-order valence-electron chi connectivity index (χ1n) is 10.6. The maximum atomic E-state index is 13.0. The Kier molecular flexibility index (Phi) is 5.96. The van der Waals surface area contributed by atoms with E-state index in [9.17, 15) is 4.79 Å². The number of hydrogen-bond donors (Lipinski definition) is 1. The molecule has 4 nitrogen and oxygen atoms in total. The van der Waals surface area contributed by atoms with Crippen molar-refractivity contribution in [2.75, 3.05) is 45.1 Å². The molecule has 148 valence electrons. The van der Waals surface area contributed by atoms with E-state index in [1.165, 1.54) is 37.9 Å². The first kappa shape index (κ1) is 19.0. The number of amides is 1. The average molecular weight is 378 g/mol. The summed E-state index contributed by atoms with van der Waals surface area (Å²) in [5, 5.41) is 3.14. The van der Waals surface area contributed by atoms with Gasteiger partial charge < -0.3 is 15.1 Å². The lowest BCUT2D eigenvalue weighted by Crippen LogP contribution is -2.43. The predicted molar refractivity (Wildman–Crippen MR) is 116 cm³/mol. The van der Waals surface area contributed by atoms with E-state index < -0.39 is 0 Å². The van der Waals surface area contributed by atoms with E-state index >= 15 is 0 Å². The van der Waals surface area contributed by atoms with Crippen LogP contribution >= 0.6 is 0 Å². The summed E-state index contributed by atoms with van der Waals surface area (Å²) in [6.45, 7) is 5.43. The Bertz CT molecular complexity index is 779. The largest absolute Gasteiger partial charge is 0.388 e. The normalized spacial score (nSPS) is 20.3. The topological polar surface area (TPSA) is 35.6 Å². The summed E-state index contributed by atoms with van der Waals surface area (Å²) in [6, 6.07) is 16.4. The lowest BCUT2D eigenvalue weighted by Gasteiger charge is -2.34. The van der Waals surface area contributed by atoms with Gasteiger partial charge in [0.15, 0.2) is 0 Å². The van der Waals surface area contributed by atoms with Crippen molar-refractivity contribution in [3.63, 3.8) is 0 Å². The molecule has 1 N–H and O–H groups in total. The van der Waals surface area contributed by atoms with E-state index in [2.05, 4.69) is 51.5 Å². The fourth-order valence-electron chi connectivity index (χ4n) is 4.55. The zero-order chi connectivity index (χ0) is 19.3. The van der Waals surface area contributed by atoms with Crippen molar-refractivity contribution in [1.82, 2.24) is 9.80 Å². The van der Waals surface area contributed by atoms with Crippen molar-refractivity contribution < 1.29 is 4.79 Å².